The molecule has 0 aliphatic heterocycles. The van der Waals surface area contributed by atoms with Crippen molar-refractivity contribution in [3.05, 3.63) is 30.3 Å². The molecule has 0 spiro atoms. The quantitative estimate of drug-likeness (QED) is 0.355. The highest BCUT2D eigenvalue weighted by atomic mass is 28.4. The molecule has 4 nitrogen and oxygen atoms in total. The lowest BCUT2D eigenvalue weighted by Gasteiger charge is -2.28. The smallest absolute Gasteiger partial charge is 0.480 e. The first kappa shape index (κ1) is 20.2. The molecule has 0 atom stereocenters. The van der Waals surface area contributed by atoms with Crippen LogP contribution in [0.5, 0.6) is 5.75 Å². The SMILES string of the molecule is CCCCO[Si](OCCCC)(OCCCC)Oc1ccccc1. The Kier molecular flexibility index (Phi) is 11.0. The molecule has 0 N–H and O–H groups in total. The van der Waals surface area contributed by atoms with Crippen LogP contribution in [0.25, 0.3) is 0 Å². The first-order valence-electron chi connectivity index (χ1n) is 8.92. The minimum Gasteiger partial charge on any atom is -0.480 e. The highest BCUT2D eigenvalue weighted by molar-refractivity contribution is 6.54. The van der Waals surface area contributed by atoms with Crippen LogP contribution in [0.1, 0.15) is 59.3 Å². The van der Waals surface area contributed by atoms with Crippen molar-refractivity contribution in [3.63, 3.8) is 0 Å². The maximum Gasteiger partial charge on any atom is 0.749 e. The van der Waals surface area contributed by atoms with Gasteiger partial charge in [0.2, 0.25) is 0 Å². The molecule has 0 heterocycles. The monoisotopic (exact) mass is 340 g/mol. The van der Waals surface area contributed by atoms with E-state index in [0.717, 1.165) is 44.3 Å². The van der Waals surface area contributed by atoms with E-state index in [1.807, 2.05) is 30.3 Å². The number of hydrogen-bond acceptors (Lipinski definition) is 4. The zero-order valence-electron chi connectivity index (χ0n) is 14.9. The van der Waals surface area contributed by atoms with Crippen LogP contribution in [0.3, 0.4) is 0 Å². The Balaban J connectivity index is 2.79. The van der Waals surface area contributed by atoms with Crippen LogP contribution in [-0.2, 0) is 13.3 Å². The van der Waals surface area contributed by atoms with Crippen molar-refractivity contribution in [2.45, 2.75) is 59.3 Å². The molecule has 1 aromatic carbocycles. The Morgan fingerprint density at radius 2 is 1.13 bits per heavy atom. The van der Waals surface area contributed by atoms with E-state index in [1.54, 1.807) is 0 Å². The van der Waals surface area contributed by atoms with Crippen LogP contribution in [-0.4, -0.2) is 28.9 Å². The van der Waals surface area contributed by atoms with Gasteiger partial charge in [-0.1, -0.05) is 58.2 Å². The minimum atomic E-state index is -3.15. The lowest BCUT2D eigenvalue weighted by molar-refractivity contribution is -0.00167. The molecule has 1 aromatic rings. The first-order valence-corrected chi connectivity index (χ1v) is 10.6. The van der Waals surface area contributed by atoms with Gasteiger partial charge in [-0.05, 0) is 31.4 Å². The van der Waals surface area contributed by atoms with Crippen LogP contribution in [0.2, 0.25) is 0 Å². The summed E-state index contributed by atoms with van der Waals surface area (Å²) in [5, 5.41) is 0. The average molecular weight is 341 g/mol. The predicted molar refractivity (Wildman–Crippen MR) is 95.4 cm³/mol. The fourth-order valence-corrected chi connectivity index (χ4v) is 3.91. The van der Waals surface area contributed by atoms with E-state index in [0.29, 0.717) is 19.8 Å². The molecule has 1 rings (SSSR count). The van der Waals surface area contributed by atoms with E-state index >= 15 is 0 Å². The topological polar surface area (TPSA) is 36.9 Å². The summed E-state index contributed by atoms with van der Waals surface area (Å²) < 4.78 is 24.2. The van der Waals surface area contributed by atoms with E-state index < -0.39 is 9.05 Å². The number of para-hydroxylation sites is 1. The third-order valence-corrected chi connectivity index (χ3v) is 5.47. The second kappa shape index (κ2) is 12.5. The second-order valence-electron chi connectivity index (χ2n) is 5.52. The molecule has 0 aromatic heterocycles. The average Bonchev–Trinajstić information content (AvgIpc) is 2.56. The van der Waals surface area contributed by atoms with Gasteiger partial charge in [0.1, 0.15) is 5.75 Å². The highest BCUT2D eigenvalue weighted by Gasteiger charge is 2.48. The Labute approximate surface area is 142 Å². The fourth-order valence-electron chi connectivity index (χ4n) is 1.87. The standard InChI is InChI=1S/C18H32O4Si/c1-4-7-15-19-23(20-16-8-5-2,21-17-9-6-3)22-18-13-11-10-12-14-18/h10-14H,4-9,15-17H2,1-3H3. The van der Waals surface area contributed by atoms with Crippen LogP contribution >= 0.6 is 0 Å². The summed E-state index contributed by atoms with van der Waals surface area (Å²) in [5.41, 5.74) is 0. The van der Waals surface area contributed by atoms with Crippen molar-refractivity contribution >= 4 is 9.05 Å². The van der Waals surface area contributed by atoms with Gasteiger partial charge in [0, 0.05) is 19.8 Å². The lowest BCUT2D eigenvalue weighted by atomic mass is 10.3. The normalized spacial score (nSPS) is 11.6. The van der Waals surface area contributed by atoms with E-state index in [-0.39, 0.29) is 0 Å². The zero-order valence-corrected chi connectivity index (χ0v) is 15.9. The fraction of sp³-hybridized carbons (Fsp3) is 0.667. The molecular weight excluding hydrogens is 308 g/mol. The van der Waals surface area contributed by atoms with Crippen LogP contribution < -0.4 is 4.43 Å². The predicted octanol–water partition coefficient (Wildman–Crippen LogP) is 4.95. The molecule has 0 radical (unpaired) electrons. The van der Waals surface area contributed by atoms with Gasteiger partial charge in [0.25, 0.3) is 0 Å². The number of hydrogen-bond donors (Lipinski definition) is 0. The molecule has 0 unspecified atom stereocenters. The van der Waals surface area contributed by atoms with Gasteiger partial charge in [-0.25, -0.2) is 0 Å². The van der Waals surface area contributed by atoms with Crippen LogP contribution in [0.15, 0.2) is 30.3 Å². The summed E-state index contributed by atoms with van der Waals surface area (Å²) in [5.74, 6) is 0.740. The summed E-state index contributed by atoms with van der Waals surface area (Å²) in [6.07, 6.45) is 6.13. The first-order chi connectivity index (χ1) is 11.3. The Hall–Kier alpha value is -0.883. The van der Waals surface area contributed by atoms with Crippen molar-refractivity contribution in [2.24, 2.45) is 0 Å². The lowest BCUT2D eigenvalue weighted by Crippen LogP contribution is -2.52. The van der Waals surface area contributed by atoms with Crippen LogP contribution in [0, 0.1) is 0 Å². The largest absolute Gasteiger partial charge is 0.749 e. The third-order valence-electron chi connectivity index (χ3n) is 3.32. The molecule has 132 valence electrons. The summed E-state index contributed by atoms with van der Waals surface area (Å²) in [4.78, 5) is 0. The van der Waals surface area contributed by atoms with E-state index in [9.17, 15) is 0 Å². The Morgan fingerprint density at radius 1 is 0.696 bits per heavy atom. The van der Waals surface area contributed by atoms with Crippen LogP contribution in [0.4, 0.5) is 0 Å². The Morgan fingerprint density at radius 3 is 1.52 bits per heavy atom. The Bertz CT molecular complexity index is 359. The highest BCUT2D eigenvalue weighted by Crippen LogP contribution is 2.20. The van der Waals surface area contributed by atoms with Gasteiger partial charge in [-0.15, -0.1) is 0 Å². The van der Waals surface area contributed by atoms with E-state index in [4.69, 9.17) is 17.7 Å². The second-order valence-corrected chi connectivity index (χ2v) is 7.59. The van der Waals surface area contributed by atoms with Crippen molar-refractivity contribution in [2.75, 3.05) is 19.8 Å². The molecule has 0 aliphatic rings. The van der Waals surface area contributed by atoms with Crippen molar-refractivity contribution < 1.29 is 17.7 Å². The van der Waals surface area contributed by atoms with Gasteiger partial charge in [-0.2, -0.15) is 0 Å². The molecular formula is C18H32O4Si. The van der Waals surface area contributed by atoms with Gasteiger partial charge in [-0.3, -0.25) is 0 Å². The van der Waals surface area contributed by atoms with Gasteiger partial charge >= 0.3 is 9.05 Å². The summed E-state index contributed by atoms with van der Waals surface area (Å²) in [7, 11) is -3.15. The van der Waals surface area contributed by atoms with E-state index in [2.05, 4.69) is 20.8 Å². The minimum absolute atomic E-state index is 0.605. The third kappa shape index (κ3) is 8.51. The summed E-state index contributed by atoms with van der Waals surface area (Å²) in [6, 6.07) is 9.68. The molecule has 0 bridgehead atoms. The maximum atomic E-state index is 6.11. The molecule has 23 heavy (non-hydrogen) atoms. The van der Waals surface area contributed by atoms with E-state index in [1.165, 1.54) is 0 Å². The number of benzene rings is 1. The van der Waals surface area contributed by atoms with Gasteiger partial charge in [0.05, 0.1) is 0 Å². The molecule has 5 heteroatoms. The summed E-state index contributed by atoms with van der Waals surface area (Å²) >= 11 is 0. The van der Waals surface area contributed by atoms with Gasteiger partial charge in [0.15, 0.2) is 0 Å². The molecule has 0 amide bonds. The number of rotatable bonds is 14. The van der Waals surface area contributed by atoms with Crippen molar-refractivity contribution in [3.8, 4) is 5.75 Å². The molecule has 0 saturated heterocycles. The van der Waals surface area contributed by atoms with Gasteiger partial charge < -0.3 is 17.7 Å². The maximum absolute atomic E-state index is 6.11. The zero-order chi connectivity index (χ0) is 16.8. The molecule has 0 fully saturated rings. The molecule has 0 saturated carbocycles. The number of unbranched alkanes of at least 4 members (excludes halogenated alkanes) is 3. The molecule has 0 aliphatic carbocycles. The summed E-state index contributed by atoms with van der Waals surface area (Å²) in [6.45, 7) is 8.23. The van der Waals surface area contributed by atoms with Crippen molar-refractivity contribution in [1.82, 2.24) is 0 Å². The van der Waals surface area contributed by atoms with Crippen molar-refractivity contribution in [1.29, 1.82) is 0 Å².